The topological polar surface area (TPSA) is 80.8 Å². The predicted molar refractivity (Wildman–Crippen MR) is 116 cm³/mol. The Bertz CT molecular complexity index is 1190. The fourth-order valence-corrected chi connectivity index (χ4v) is 3.61. The summed E-state index contributed by atoms with van der Waals surface area (Å²) in [6.07, 6.45) is -3.12. The number of amides is 3. The van der Waals surface area contributed by atoms with Gasteiger partial charge in [0.2, 0.25) is 5.88 Å². The number of nitrogens with one attached hydrogen (secondary N) is 1. The minimum absolute atomic E-state index is 0.127. The van der Waals surface area contributed by atoms with Crippen molar-refractivity contribution in [2.24, 2.45) is 0 Å². The van der Waals surface area contributed by atoms with E-state index in [9.17, 15) is 22.8 Å². The van der Waals surface area contributed by atoms with E-state index in [-0.39, 0.29) is 12.1 Å². The molecule has 2 heterocycles. The van der Waals surface area contributed by atoms with Crippen LogP contribution >= 0.6 is 0 Å². The van der Waals surface area contributed by atoms with Crippen LogP contribution < -0.4 is 19.7 Å². The number of imide groups is 1. The summed E-state index contributed by atoms with van der Waals surface area (Å²) < 4.78 is 46.7. The molecule has 0 saturated carbocycles. The molecule has 10 heteroatoms. The summed E-state index contributed by atoms with van der Waals surface area (Å²) in [6, 6.07) is 16.8. The molecule has 3 amide bonds. The molecule has 0 radical (unpaired) electrons. The molecule has 176 valence electrons. The number of hydrogen-bond donors (Lipinski definition) is 1. The van der Waals surface area contributed by atoms with Gasteiger partial charge in [0, 0.05) is 18.7 Å². The maximum Gasteiger partial charge on any atom is 0.573 e. The molecule has 1 N–H and O–H groups in total. The van der Waals surface area contributed by atoms with Crippen molar-refractivity contribution < 1.29 is 32.2 Å². The number of urea groups is 1. The molecule has 0 bridgehead atoms. The van der Waals surface area contributed by atoms with E-state index in [2.05, 4.69) is 15.0 Å². The van der Waals surface area contributed by atoms with Crippen LogP contribution in [0.5, 0.6) is 11.6 Å². The van der Waals surface area contributed by atoms with Crippen molar-refractivity contribution in [3.63, 3.8) is 0 Å². The lowest BCUT2D eigenvalue weighted by atomic mass is 9.93. The smallest absolute Gasteiger partial charge is 0.473 e. The highest BCUT2D eigenvalue weighted by atomic mass is 19.4. The number of nitrogens with zero attached hydrogens (tertiary/aromatic N) is 2. The Morgan fingerprint density at radius 3 is 2.38 bits per heavy atom. The molecule has 7 nitrogen and oxygen atoms in total. The Balaban J connectivity index is 1.46. The van der Waals surface area contributed by atoms with Gasteiger partial charge < -0.3 is 14.8 Å². The quantitative estimate of drug-likeness (QED) is 0.509. The summed E-state index contributed by atoms with van der Waals surface area (Å²) in [5, 5.41) is 2.67. The first-order chi connectivity index (χ1) is 16.1. The lowest BCUT2D eigenvalue weighted by Crippen LogP contribution is -2.46. The van der Waals surface area contributed by atoms with E-state index < -0.39 is 29.6 Å². The molecule has 3 aromatic rings. The van der Waals surface area contributed by atoms with Crippen LogP contribution in [0.1, 0.15) is 18.1 Å². The predicted octanol–water partition coefficient (Wildman–Crippen LogP) is 4.62. The fourth-order valence-electron chi connectivity index (χ4n) is 3.61. The van der Waals surface area contributed by atoms with E-state index >= 15 is 0 Å². The third-order valence-electron chi connectivity index (χ3n) is 5.18. The zero-order valence-corrected chi connectivity index (χ0v) is 18.0. The molecule has 0 spiro atoms. The van der Waals surface area contributed by atoms with Crippen molar-refractivity contribution in [3.05, 3.63) is 84.1 Å². The number of anilines is 1. The Labute approximate surface area is 193 Å². The van der Waals surface area contributed by atoms with Gasteiger partial charge in [-0.05, 0) is 48.4 Å². The van der Waals surface area contributed by atoms with Gasteiger partial charge >= 0.3 is 12.4 Å². The summed E-state index contributed by atoms with van der Waals surface area (Å²) in [5.74, 6) is -0.615. The first-order valence-electron chi connectivity index (χ1n) is 10.3. The maximum absolute atomic E-state index is 13.1. The number of carbonyl (C=O) groups excluding carboxylic acids is 2. The maximum atomic E-state index is 13.1. The number of aromatic nitrogens is 1. The lowest BCUT2D eigenvalue weighted by Gasteiger charge is -2.22. The van der Waals surface area contributed by atoms with Crippen LogP contribution in [0, 0.1) is 0 Å². The first-order valence-corrected chi connectivity index (χ1v) is 10.3. The van der Waals surface area contributed by atoms with Crippen molar-refractivity contribution in [1.29, 1.82) is 0 Å². The molecule has 1 aliphatic heterocycles. The van der Waals surface area contributed by atoms with Crippen LogP contribution in [-0.4, -0.2) is 28.8 Å². The average Bonchev–Trinajstić information content (AvgIpc) is 3.00. The van der Waals surface area contributed by atoms with E-state index in [0.29, 0.717) is 18.1 Å². The number of carbonyl (C=O) groups is 2. The van der Waals surface area contributed by atoms with Gasteiger partial charge in [0.05, 0.1) is 5.69 Å². The Kier molecular flexibility index (Phi) is 6.14. The third kappa shape index (κ3) is 5.28. The van der Waals surface area contributed by atoms with Crippen molar-refractivity contribution in [2.75, 3.05) is 4.90 Å². The standard InChI is InChI=1S/C24H20F3N3O4/c1-23(14-17-11-12-28-20(13-17)33-15-16-5-3-2-4-6-16)21(31)30(22(32)29-23)18-7-9-19(10-8-18)34-24(25,26)27/h2-13H,14-15H2,1H3,(H,29,32). The van der Waals surface area contributed by atoms with Gasteiger partial charge in [0.25, 0.3) is 5.91 Å². The van der Waals surface area contributed by atoms with Gasteiger partial charge in [-0.1, -0.05) is 30.3 Å². The molecule has 1 aromatic heterocycles. The highest BCUT2D eigenvalue weighted by Gasteiger charge is 2.48. The summed E-state index contributed by atoms with van der Waals surface area (Å²) >= 11 is 0. The molecule has 1 saturated heterocycles. The van der Waals surface area contributed by atoms with E-state index in [1.165, 1.54) is 12.1 Å². The number of rotatable bonds is 7. The zero-order valence-electron chi connectivity index (χ0n) is 18.0. The van der Waals surface area contributed by atoms with Crippen molar-refractivity contribution >= 4 is 17.6 Å². The number of alkyl halides is 3. The largest absolute Gasteiger partial charge is 0.573 e. The minimum Gasteiger partial charge on any atom is -0.473 e. The average molecular weight is 471 g/mol. The molecule has 1 fully saturated rings. The lowest BCUT2D eigenvalue weighted by molar-refractivity contribution is -0.274. The van der Waals surface area contributed by atoms with Crippen molar-refractivity contribution in [3.8, 4) is 11.6 Å². The summed E-state index contributed by atoms with van der Waals surface area (Å²) in [4.78, 5) is 30.8. The van der Waals surface area contributed by atoms with Gasteiger partial charge in [-0.3, -0.25) is 4.79 Å². The Hall–Kier alpha value is -4.08. The van der Waals surface area contributed by atoms with Crippen LogP contribution in [0.4, 0.5) is 23.7 Å². The van der Waals surface area contributed by atoms with Crippen molar-refractivity contribution in [1.82, 2.24) is 10.3 Å². The highest BCUT2D eigenvalue weighted by molar-refractivity contribution is 6.23. The molecule has 1 unspecified atom stereocenters. The van der Waals surface area contributed by atoms with Gasteiger partial charge in [0.1, 0.15) is 17.9 Å². The van der Waals surface area contributed by atoms with E-state index in [1.54, 1.807) is 25.3 Å². The SMILES string of the molecule is CC1(Cc2ccnc(OCc3ccccc3)c2)NC(=O)N(c2ccc(OC(F)(F)F)cc2)C1=O. The monoisotopic (exact) mass is 471 g/mol. The molecule has 1 aliphatic rings. The van der Waals surface area contributed by atoms with Crippen molar-refractivity contribution in [2.45, 2.75) is 31.9 Å². The van der Waals surface area contributed by atoms with Gasteiger partial charge in [-0.25, -0.2) is 14.7 Å². The Morgan fingerprint density at radius 2 is 1.71 bits per heavy atom. The summed E-state index contributed by atoms with van der Waals surface area (Å²) in [7, 11) is 0. The van der Waals surface area contributed by atoms with Gasteiger partial charge in [0.15, 0.2) is 0 Å². The molecule has 34 heavy (non-hydrogen) atoms. The second-order valence-corrected chi connectivity index (χ2v) is 7.90. The molecule has 0 aliphatic carbocycles. The molecule has 4 rings (SSSR count). The number of benzene rings is 2. The Morgan fingerprint density at radius 1 is 1.00 bits per heavy atom. The summed E-state index contributed by atoms with van der Waals surface area (Å²) in [6.45, 7) is 1.91. The number of ether oxygens (including phenoxy) is 2. The fraction of sp³-hybridized carbons (Fsp3) is 0.208. The van der Waals surface area contributed by atoms with E-state index in [4.69, 9.17) is 4.74 Å². The van der Waals surface area contributed by atoms with Crippen LogP contribution in [-0.2, 0) is 17.8 Å². The normalized spacial score (nSPS) is 18.1. The van der Waals surface area contributed by atoms with Crippen LogP contribution in [0.15, 0.2) is 72.9 Å². The number of halogens is 3. The first kappa shape index (κ1) is 23.1. The second kappa shape index (κ2) is 9.05. The zero-order chi connectivity index (χ0) is 24.3. The minimum atomic E-state index is -4.84. The van der Waals surface area contributed by atoms with Crippen LogP contribution in [0.2, 0.25) is 0 Å². The molecule has 2 aromatic carbocycles. The number of hydrogen-bond acceptors (Lipinski definition) is 5. The third-order valence-corrected chi connectivity index (χ3v) is 5.18. The highest BCUT2D eigenvalue weighted by Crippen LogP contribution is 2.30. The molecular formula is C24H20F3N3O4. The summed E-state index contributed by atoms with van der Waals surface area (Å²) in [5.41, 5.74) is 0.547. The van der Waals surface area contributed by atoms with E-state index in [0.717, 1.165) is 22.6 Å². The second-order valence-electron chi connectivity index (χ2n) is 7.90. The van der Waals surface area contributed by atoms with Crippen LogP contribution in [0.3, 0.4) is 0 Å². The number of pyridine rings is 1. The van der Waals surface area contributed by atoms with Crippen LogP contribution in [0.25, 0.3) is 0 Å². The molecular weight excluding hydrogens is 451 g/mol. The van der Waals surface area contributed by atoms with Gasteiger partial charge in [-0.2, -0.15) is 0 Å². The van der Waals surface area contributed by atoms with Gasteiger partial charge in [-0.15, -0.1) is 13.2 Å². The van der Waals surface area contributed by atoms with E-state index in [1.807, 2.05) is 30.3 Å². The molecule has 1 atom stereocenters.